The molecular weight excluding hydrogens is 368 g/mol. The summed E-state index contributed by atoms with van der Waals surface area (Å²) >= 11 is 0. The summed E-state index contributed by atoms with van der Waals surface area (Å²) in [4.78, 5) is 28.5. The molecule has 0 radical (unpaired) electrons. The quantitative estimate of drug-likeness (QED) is 0.744. The molecule has 1 saturated heterocycles. The molecule has 0 aromatic heterocycles. The third-order valence-corrected chi connectivity index (χ3v) is 5.12. The van der Waals surface area contributed by atoms with E-state index in [2.05, 4.69) is 0 Å². The van der Waals surface area contributed by atoms with Crippen molar-refractivity contribution in [3.8, 4) is 11.5 Å². The molecule has 148 valence electrons. The Morgan fingerprint density at radius 1 is 0.828 bits per heavy atom. The van der Waals surface area contributed by atoms with E-state index in [4.69, 9.17) is 4.74 Å². The van der Waals surface area contributed by atoms with Gasteiger partial charge in [0.2, 0.25) is 0 Å². The molecule has 0 aliphatic carbocycles. The summed E-state index contributed by atoms with van der Waals surface area (Å²) in [6.45, 7) is 1.88. The minimum absolute atomic E-state index is 0.0236. The zero-order valence-electron chi connectivity index (χ0n) is 16.0. The van der Waals surface area contributed by atoms with E-state index in [1.807, 2.05) is 42.5 Å². The number of hydrogen-bond donors (Lipinski definition) is 1. The molecule has 0 bridgehead atoms. The highest BCUT2D eigenvalue weighted by molar-refractivity contribution is 5.94. The van der Waals surface area contributed by atoms with E-state index in [9.17, 15) is 14.7 Å². The maximum absolute atomic E-state index is 12.5. The van der Waals surface area contributed by atoms with Gasteiger partial charge >= 0.3 is 0 Å². The van der Waals surface area contributed by atoms with Crippen LogP contribution in [0, 0.1) is 0 Å². The van der Waals surface area contributed by atoms with Crippen molar-refractivity contribution in [1.82, 2.24) is 9.80 Å². The molecule has 0 saturated carbocycles. The molecule has 6 nitrogen and oxygen atoms in total. The standard InChI is InChI=1S/C23H22N2O4/c26-20-8-5-18(6-9-20)23(28)25-13-11-24(12-14-25)22(27)16-29-21-10-7-17-3-1-2-4-19(17)15-21/h1-10,15,26H,11-14,16H2. The Hall–Kier alpha value is -3.54. The van der Waals surface area contributed by atoms with Gasteiger partial charge in [-0.15, -0.1) is 0 Å². The van der Waals surface area contributed by atoms with Crippen LogP contribution in [-0.2, 0) is 4.79 Å². The molecular formula is C23H22N2O4. The summed E-state index contributed by atoms with van der Waals surface area (Å²) in [6, 6.07) is 20.0. The third-order valence-electron chi connectivity index (χ3n) is 5.12. The first-order valence-electron chi connectivity index (χ1n) is 9.58. The lowest BCUT2D eigenvalue weighted by atomic mass is 10.1. The van der Waals surface area contributed by atoms with Gasteiger partial charge in [0.1, 0.15) is 11.5 Å². The Kier molecular flexibility index (Phi) is 5.33. The second-order valence-corrected chi connectivity index (χ2v) is 7.02. The van der Waals surface area contributed by atoms with Crippen molar-refractivity contribution in [2.24, 2.45) is 0 Å². The molecule has 0 atom stereocenters. The summed E-state index contributed by atoms with van der Waals surface area (Å²) < 4.78 is 5.69. The first-order valence-corrected chi connectivity index (χ1v) is 9.58. The van der Waals surface area contributed by atoms with Crippen molar-refractivity contribution in [3.05, 3.63) is 72.3 Å². The van der Waals surface area contributed by atoms with E-state index >= 15 is 0 Å². The maximum atomic E-state index is 12.5. The molecule has 6 heteroatoms. The molecule has 1 aliphatic heterocycles. The van der Waals surface area contributed by atoms with Crippen LogP contribution in [-0.4, -0.2) is 59.5 Å². The van der Waals surface area contributed by atoms with Crippen LogP contribution >= 0.6 is 0 Å². The van der Waals surface area contributed by atoms with E-state index in [1.165, 1.54) is 12.1 Å². The Balaban J connectivity index is 1.29. The predicted octanol–water partition coefficient (Wildman–Crippen LogP) is 2.91. The first-order chi connectivity index (χ1) is 14.1. The first kappa shape index (κ1) is 18.8. The van der Waals surface area contributed by atoms with Gasteiger partial charge in [-0.1, -0.05) is 30.3 Å². The molecule has 0 unspecified atom stereocenters. The van der Waals surface area contributed by atoms with Crippen LogP contribution in [0.15, 0.2) is 66.7 Å². The summed E-state index contributed by atoms with van der Waals surface area (Å²) in [7, 11) is 0. The summed E-state index contributed by atoms with van der Waals surface area (Å²) in [5.74, 6) is 0.612. The van der Waals surface area contributed by atoms with Crippen LogP contribution in [0.2, 0.25) is 0 Å². The number of phenols is 1. The number of nitrogens with zero attached hydrogens (tertiary/aromatic N) is 2. The number of amides is 2. The summed E-state index contributed by atoms with van der Waals surface area (Å²) in [5, 5.41) is 11.5. The predicted molar refractivity (Wildman–Crippen MR) is 110 cm³/mol. The molecule has 0 spiro atoms. The summed E-state index contributed by atoms with van der Waals surface area (Å²) in [6.07, 6.45) is 0. The second kappa shape index (κ2) is 8.22. The number of aromatic hydroxyl groups is 1. The third kappa shape index (κ3) is 4.32. The molecule has 4 rings (SSSR count). The highest BCUT2D eigenvalue weighted by atomic mass is 16.5. The Morgan fingerprint density at radius 2 is 1.48 bits per heavy atom. The van der Waals surface area contributed by atoms with Gasteiger partial charge in [0.05, 0.1) is 0 Å². The topological polar surface area (TPSA) is 70.1 Å². The normalized spacial score (nSPS) is 14.1. The lowest BCUT2D eigenvalue weighted by molar-refractivity contribution is -0.134. The van der Waals surface area contributed by atoms with Gasteiger partial charge in [0.25, 0.3) is 11.8 Å². The fraction of sp³-hybridized carbons (Fsp3) is 0.217. The highest BCUT2D eigenvalue weighted by Crippen LogP contribution is 2.20. The molecule has 2 amide bonds. The number of benzene rings is 3. The Morgan fingerprint density at radius 3 is 2.21 bits per heavy atom. The van der Waals surface area contributed by atoms with Crippen LogP contribution in [0.25, 0.3) is 10.8 Å². The molecule has 1 fully saturated rings. The van der Waals surface area contributed by atoms with Crippen LogP contribution in [0.4, 0.5) is 0 Å². The zero-order valence-corrected chi connectivity index (χ0v) is 16.0. The molecule has 1 aliphatic rings. The number of fused-ring (bicyclic) bond motifs is 1. The molecule has 1 heterocycles. The SMILES string of the molecule is O=C(COc1ccc2ccccc2c1)N1CCN(C(=O)c2ccc(O)cc2)CC1. The smallest absolute Gasteiger partial charge is 0.260 e. The lowest BCUT2D eigenvalue weighted by Gasteiger charge is -2.34. The molecule has 3 aromatic carbocycles. The van der Waals surface area contributed by atoms with Gasteiger partial charge in [0.15, 0.2) is 6.61 Å². The number of carbonyl (C=O) groups is 2. The summed E-state index contributed by atoms with van der Waals surface area (Å²) in [5.41, 5.74) is 0.530. The Bertz CT molecular complexity index is 1020. The molecule has 1 N–H and O–H groups in total. The van der Waals surface area contributed by atoms with Crippen molar-refractivity contribution in [2.45, 2.75) is 0 Å². The van der Waals surface area contributed by atoms with Crippen LogP contribution in [0.5, 0.6) is 11.5 Å². The fourth-order valence-corrected chi connectivity index (χ4v) is 3.44. The highest BCUT2D eigenvalue weighted by Gasteiger charge is 2.25. The Labute approximate surface area is 168 Å². The fourth-order valence-electron chi connectivity index (χ4n) is 3.44. The van der Waals surface area contributed by atoms with Gasteiger partial charge < -0.3 is 19.6 Å². The monoisotopic (exact) mass is 390 g/mol. The van der Waals surface area contributed by atoms with Crippen molar-refractivity contribution >= 4 is 22.6 Å². The minimum Gasteiger partial charge on any atom is -0.508 e. The number of hydrogen-bond acceptors (Lipinski definition) is 4. The van der Waals surface area contributed by atoms with Crippen LogP contribution in [0.3, 0.4) is 0 Å². The maximum Gasteiger partial charge on any atom is 0.260 e. The van der Waals surface area contributed by atoms with Gasteiger partial charge in [0, 0.05) is 31.7 Å². The van der Waals surface area contributed by atoms with E-state index in [0.717, 1.165) is 10.8 Å². The number of carbonyl (C=O) groups excluding carboxylic acids is 2. The largest absolute Gasteiger partial charge is 0.508 e. The van der Waals surface area contributed by atoms with Crippen molar-refractivity contribution in [2.75, 3.05) is 32.8 Å². The minimum atomic E-state index is -0.0930. The number of rotatable bonds is 4. The van der Waals surface area contributed by atoms with Crippen LogP contribution < -0.4 is 4.74 Å². The molecule has 3 aromatic rings. The lowest BCUT2D eigenvalue weighted by Crippen LogP contribution is -2.51. The van der Waals surface area contributed by atoms with Gasteiger partial charge in [-0.25, -0.2) is 0 Å². The molecule has 29 heavy (non-hydrogen) atoms. The number of phenolic OH excluding ortho intramolecular Hbond substituents is 1. The number of piperazine rings is 1. The van der Waals surface area contributed by atoms with E-state index in [1.54, 1.807) is 21.9 Å². The second-order valence-electron chi connectivity index (χ2n) is 7.02. The van der Waals surface area contributed by atoms with E-state index in [-0.39, 0.29) is 24.2 Å². The van der Waals surface area contributed by atoms with Crippen LogP contribution in [0.1, 0.15) is 10.4 Å². The zero-order chi connectivity index (χ0) is 20.2. The van der Waals surface area contributed by atoms with Gasteiger partial charge in [-0.3, -0.25) is 9.59 Å². The number of ether oxygens (including phenoxy) is 1. The van der Waals surface area contributed by atoms with Crippen molar-refractivity contribution in [1.29, 1.82) is 0 Å². The van der Waals surface area contributed by atoms with Crippen molar-refractivity contribution in [3.63, 3.8) is 0 Å². The average Bonchev–Trinajstić information content (AvgIpc) is 2.77. The van der Waals surface area contributed by atoms with Crippen molar-refractivity contribution < 1.29 is 19.4 Å². The van der Waals surface area contributed by atoms with E-state index in [0.29, 0.717) is 37.5 Å². The average molecular weight is 390 g/mol. The van der Waals surface area contributed by atoms with Gasteiger partial charge in [-0.05, 0) is 47.2 Å². The van der Waals surface area contributed by atoms with Gasteiger partial charge in [-0.2, -0.15) is 0 Å². The van der Waals surface area contributed by atoms with E-state index < -0.39 is 0 Å².